The highest BCUT2D eigenvalue weighted by atomic mass is 32.2. The lowest BCUT2D eigenvalue weighted by atomic mass is 10.2. The number of nitrogens with zero attached hydrogens (tertiary/aromatic N) is 1. The zero-order valence-electron chi connectivity index (χ0n) is 14.5. The average molecular weight is 381 g/mol. The first-order valence-corrected chi connectivity index (χ1v) is 9.56. The number of nitro benzene ring substituents is 1. The van der Waals surface area contributed by atoms with Crippen molar-refractivity contribution in [2.45, 2.75) is 18.7 Å². The molecule has 0 aliphatic rings. The molecule has 0 fully saturated rings. The van der Waals surface area contributed by atoms with Crippen molar-refractivity contribution in [3.8, 4) is 0 Å². The lowest BCUT2D eigenvalue weighted by Crippen LogP contribution is -2.29. The van der Waals surface area contributed by atoms with Crippen LogP contribution in [0.4, 0.5) is 11.4 Å². The Labute approximate surface area is 150 Å². The molecule has 0 aliphatic carbocycles. The molecule has 0 saturated heterocycles. The summed E-state index contributed by atoms with van der Waals surface area (Å²) in [6.07, 6.45) is 0.980. The van der Waals surface area contributed by atoms with E-state index in [1.54, 1.807) is 19.9 Å². The van der Waals surface area contributed by atoms with E-state index in [0.717, 1.165) is 12.3 Å². The molecule has 2 aromatic rings. The molecular formula is C16H19N3O6S. The summed E-state index contributed by atoms with van der Waals surface area (Å²) in [6.45, 7) is 3.87. The molecule has 1 amide bonds. The van der Waals surface area contributed by atoms with Crippen LogP contribution in [-0.2, 0) is 9.84 Å². The Morgan fingerprint density at radius 2 is 1.92 bits per heavy atom. The number of carbonyl (C=O) groups excluding carboxylic acids is 1. The number of hydrogen-bond donors (Lipinski definition) is 2. The van der Waals surface area contributed by atoms with Gasteiger partial charge in [0.2, 0.25) is 0 Å². The second kappa shape index (κ2) is 7.56. The van der Waals surface area contributed by atoms with Gasteiger partial charge in [-0.15, -0.1) is 0 Å². The molecule has 140 valence electrons. The molecule has 0 bridgehead atoms. The minimum Gasteiger partial charge on any atom is -0.466 e. The van der Waals surface area contributed by atoms with Crippen LogP contribution in [0.15, 0.2) is 33.6 Å². The van der Waals surface area contributed by atoms with Crippen LogP contribution in [0, 0.1) is 24.0 Å². The molecule has 0 saturated carbocycles. The fourth-order valence-corrected chi connectivity index (χ4v) is 3.01. The Morgan fingerprint density at radius 3 is 2.46 bits per heavy atom. The molecule has 0 unspecified atom stereocenters. The van der Waals surface area contributed by atoms with E-state index in [0.29, 0.717) is 17.1 Å². The molecule has 10 heteroatoms. The van der Waals surface area contributed by atoms with E-state index in [1.807, 2.05) is 0 Å². The number of benzene rings is 1. The Hall–Kier alpha value is -2.88. The number of furan rings is 1. The Morgan fingerprint density at radius 1 is 1.23 bits per heavy atom. The second-order valence-electron chi connectivity index (χ2n) is 5.72. The van der Waals surface area contributed by atoms with Crippen molar-refractivity contribution < 1.29 is 22.6 Å². The van der Waals surface area contributed by atoms with Gasteiger partial charge in [0.25, 0.3) is 11.6 Å². The zero-order valence-corrected chi connectivity index (χ0v) is 15.3. The van der Waals surface area contributed by atoms with Crippen LogP contribution < -0.4 is 10.6 Å². The van der Waals surface area contributed by atoms with E-state index in [1.165, 1.54) is 12.1 Å². The third kappa shape index (κ3) is 4.60. The van der Waals surface area contributed by atoms with Crippen molar-refractivity contribution in [1.29, 1.82) is 0 Å². The predicted octanol–water partition coefficient (Wildman–Crippen LogP) is 2.05. The third-order valence-corrected chi connectivity index (χ3v) is 4.72. The quantitative estimate of drug-likeness (QED) is 0.426. The number of rotatable bonds is 7. The van der Waals surface area contributed by atoms with Crippen molar-refractivity contribution >= 4 is 27.1 Å². The Bertz CT molecular complexity index is 949. The first kappa shape index (κ1) is 19.4. The molecule has 2 N–H and O–H groups in total. The lowest BCUT2D eigenvalue weighted by molar-refractivity contribution is -0.384. The number of anilines is 1. The van der Waals surface area contributed by atoms with Gasteiger partial charge < -0.3 is 15.1 Å². The number of aryl methyl sites for hydroxylation is 2. The molecule has 1 aromatic heterocycles. The molecule has 0 atom stereocenters. The van der Waals surface area contributed by atoms with Gasteiger partial charge in [0.05, 0.1) is 15.4 Å². The molecule has 0 radical (unpaired) electrons. The zero-order chi connectivity index (χ0) is 19.5. The third-order valence-electron chi connectivity index (χ3n) is 3.61. The van der Waals surface area contributed by atoms with Gasteiger partial charge in [-0.05, 0) is 32.0 Å². The SMILES string of the molecule is Cc1cc(C(=O)NCCNc2ccc(S(C)(=O)=O)cc2[N+](=O)[O-])c(C)o1. The largest absolute Gasteiger partial charge is 0.466 e. The maximum Gasteiger partial charge on any atom is 0.293 e. The van der Waals surface area contributed by atoms with Crippen molar-refractivity contribution in [2.24, 2.45) is 0 Å². The van der Waals surface area contributed by atoms with Crippen LogP contribution in [0.3, 0.4) is 0 Å². The highest BCUT2D eigenvalue weighted by Gasteiger charge is 2.18. The van der Waals surface area contributed by atoms with Crippen molar-refractivity contribution in [2.75, 3.05) is 24.7 Å². The number of hydrogen-bond acceptors (Lipinski definition) is 7. The van der Waals surface area contributed by atoms with E-state index in [9.17, 15) is 23.3 Å². The number of amides is 1. The van der Waals surface area contributed by atoms with E-state index >= 15 is 0 Å². The summed E-state index contributed by atoms with van der Waals surface area (Å²) >= 11 is 0. The number of sulfone groups is 1. The lowest BCUT2D eigenvalue weighted by Gasteiger charge is -2.09. The van der Waals surface area contributed by atoms with Gasteiger partial charge in [0.1, 0.15) is 17.2 Å². The van der Waals surface area contributed by atoms with E-state index in [4.69, 9.17) is 4.42 Å². The molecular weight excluding hydrogens is 362 g/mol. The summed E-state index contributed by atoms with van der Waals surface area (Å²) in [4.78, 5) is 22.4. The standard InChI is InChI=1S/C16H19N3O6S/c1-10-8-13(11(2)25-10)16(20)18-7-6-17-14-5-4-12(26(3,23)24)9-15(14)19(21)22/h4-5,8-9,17H,6-7H2,1-3H3,(H,18,20). The van der Waals surface area contributed by atoms with Gasteiger partial charge in [0, 0.05) is 25.4 Å². The maximum absolute atomic E-state index is 12.0. The van der Waals surface area contributed by atoms with E-state index in [-0.39, 0.29) is 35.3 Å². The van der Waals surface area contributed by atoms with Gasteiger partial charge in [-0.25, -0.2) is 8.42 Å². The molecule has 1 aromatic carbocycles. The van der Waals surface area contributed by atoms with Crippen LogP contribution in [-0.4, -0.2) is 38.6 Å². The first-order valence-electron chi connectivity index (χ1n) is 7.67. The van der Waals surface area contributed by atoms with E-state index in [2.05, 4.69) is 10.6 Å². The Kier molecular flexibility index (Phi) is 5.66. The normalized spacial score (nSPS) is 11.2. The predicted molar refractivity (Wildman–Crippen MR) is 95.2 cm³/mol. The fraction of sp³-hybridized carbons (Fsp3) is 0.312. The van der Waals surface area contributed by atoms with Gasteiger partial charge in [-0.3, -0.25) is 14.9 Å². The van der Waals surface area contributed by atoms with Crippen LogP contribution >= 0.6 is 0 Å². The fourth-order valence-electron chi connectivity index (χ4n) is 2.37. The van der Waals surface area contributed by atoms with Crippen LogP contribution in [0.1, 0.15) is 21.9 Å². The molecule has 2 rings (SSSR count). The van der Waals surface area contributed by atoms with Crippen LogP contribution in [0.5, 0.6) is 0 Å². The van der Waals surface area contributed by atoms with Crippen LogP contribution in [0.25, 0.3) is 0 Å². The van der Waals surface area contributed by atoms with Gasteiger partial charge in [-0.2, -0.15) is 0 Å². The van der Waals surface area contributed by atoms with Gasteiger partial charge >= 0.3 is 0 Å². The summed E-state index contributed by atoms with van der Waals surface area (Å²) < 4.78 is 28.3. The topological polar surface area (TPSA) is 132 Å². The average Bonchev–Trinajstić information content (AvgIpc) is 2.88. The summed E-state index contributed by atoms with van der Waals surface area (Å²) in [6, 6.07) is 5.27. The summed E-state index contributed by atoms with van der Waals surface area (Å²) in [5.41, 5.74) is 0.263. The first-order chi connectivity index (χ1) is 12.1. The maximum atomic E-state index is 12.0. The summed E-state index contributed by atoms with van der Waals surface area (Å²) in [7, 11) is -3.54. The summed E-state index contributed by atoms with van der Waals surface area (Å²) in [5, 5.41) is 16.7. The molecule has 9 nitrogen and oxygen atoms in total. The van der Waals surface area contributed by atoms with Crippen molar-refractivity contribution in [1.82, 2.24) is 5.32 Å². The van der Waals surface area contributed by atoms with E-state index < -0.39 is 14.8 Å². The summed E-state index contributed by atoms with van der Waals surface area (Å²) in [5.74, 6) is 0.843. The van der Waals surface area contributed by atoms with Crippen LogP contribution in [0.2, 0.25) is 0 Å². The minimum atomic E-state index is -3.54. The molecule has 1 heterocycles. The second-order valence-corrected chi connectivity index (χ2v) is 7.73. The van der Waals surface area contributed by atoms with Gasteiger partial charge in [-0.1, -0.05) is 0 Å². The monoisotopic (exact) mass is 381 g/mol. The molecule has 26 heavy (non-hydrogen) atoms. The smallest absolute Gasteiger partial charge is 0.293 e. The number of nitro groups is 1. The van der Waals surface area contributed by atoms with Crippen molar-refractivity contribution in [3.63, 3.8) is 0 Å². The van der Waals surface area contributed by atoms with Crippen molar-refractivity contribution in [3.05, 3.63) is 51.5 Å². The number of nitrogens with one attached hydrogen (secondary N) is 2. The highest BCUT2D eigenvalue weighted by molar-refractivity contribution is 7.90. The minimum absolute atomic E-state index is 0.131. The van der Waals surface area contributed by atoms with Gasteiger partial charge in [0.15, 0.2) is 9.84 Å². The number of carbonyl (C=O) groups is 1. The molecule has 0 spiro atoms. The highest BCUT2D eigenvalue weighted by Crippen LogP contribution is 2.27. The molecule has 0 aliphatic heterocycles. The Balaban J connectivity index is 2.00.